The van der Waals surface area contributed by atoms with Gasteiger partial charge >= 0.3 is 0 Å². The maximum Gasteiger partial charge on any atom is 0.0421 e. The lowest BCUT2D eigenvalue weighted by Gasteiger charge is -2.18. The van der Waals surface area contributed by atoms with Crippen LogP contribution < -0.4 is 21.7 Å². The molecule has 0 aliphatic carbocycles. The van der Waals surface area contributed by atoms with Crippen molar-refractivity contribution in [3.8, 4) is 0 Å². The van der Waals surface area contributed by atoms with E-state index in [4.69, 9.17) is 11.5 Å². The smallest absolute Gasteiger partial charge is 0.0421 e. The number of benzene rings is 2. The number of nitrogen functional groups attached to an aromatic ring is 2. The van der Waals surface area contributed by atoms with Crippen LogP contribution in [-0.4, -0.2) is 13.1 Å². The molecule has 4 nitrogen and oxygen atoms in total. The molecule has 0 spiro atoms. The van der Waals surface area contributed by atoms with Crippen LogP contribution in [0.1, 0.15) is 18.4 Å². The van der Waals surface area contributed by atoms with Crippen LogP contribution in [0.4, 0.5) is 22.7 Å². The molecule has 0 aromatic heterocycles. The maximum absolute atomic E-state index is 5.96. The van der Waals surface area contributed by atoms with Crippen molar-refractivity contribution >= 4 is 22.7 Å². The Bertz CT molecular complexity index is 601. The van der Waals surface area contributed by atoms with Crippen LogP contribution in [0, 0.1) is 0 Å². The van der Waals surface area contributed by atoms with Gasteiger partial charge in [-0.3, -0.25) is 0 Å². The molecule has 0 bridgehead atoms. The minimum atomic E-state index is 0.680. The SMILES string of the molecule is Nc1ccc(N)c(CNc2ccc(N3CCCC3)cc2)c1. The van der Waals surface area contributed by atoms with Crippen molar-refractivity contribution in [2.45, 2.75) is 19.4 Å². The molecular formula is C17H22N4. The van der Waals surface area contributed by atoms with Gasteiger partial charge in [0.25, 0.3) is 0 Å². The van der Waals surface area contributed by atoms with Crippen molar-refractivity contribution in [2.75, 3.05) is 34.8 Å². The normalized spacial score (nSPS) is 14.4. The molecule has 21 heavy (non-hydrogen) atoms. The van der Waals surface area contributed by atoms with Crippen molar-refractivity contribution in [3.63, 3.8) is 0 Å². The highest BCUT2D eigenvalue weighted by Gasteiger charge is 2.11. The van der Waals surface area contributed by atoms with Crippen molar-refractivity contribution in [1.82, 2.24) is 0 Å². The zero-order valence-electron chi connectivity index (χ0n) is 12.2. The van der Waals surface area contributed by atoms with Crippen molar-refractivity contribution in [1.29, 1.82) is 0 Å². The lowest BCUT2D eigenvalue weighted by atomic mass is 10.1. The molecule has 0 atom stereocenters. The molecule has 4 heteroatoms. The van der Waals surface area contributed by atoms with Gasteiger partial charge in [-0.15, -0.1) is 0 Å². The van der Waals surface area contributed by atoms with Gasteiger partial charge in [0.2, 0.25) is 0 Å². The molecule has 5 N–H and O–H groups in total. The summed E-state index contributed by atoms with van der Waals surface area (Å²) < 4.78 is 0. The Kier molecular flexibility index (Phi) is 3.86. The second-order valence-electron chi connectivity index (χ2n) is 5.55. The topological polar surface area (TPSA) is 67.3 Å². The van der Waals surface area contributed by atoms with Crippen LogP contribution in [0.3, 0.4) is 0 Å². The fourth-order valence-electron chi connectivity index (χ4n) is 2.74. The van der Waals surface area contributed by atoms with E-state index in [0.29, 0.717) is 6.54 Å². The fourth-order valence-corrected chi connectivity index (χ4v) is 2.74. The molecule has 1 saturated heterocycles. The average Bonchev–Trinajstić information content (AvgIpc) is 3.03. The van der Waals surface area contributed by atoms with E-state index in [0.717, 1.165) is 22.6 Å². The molecule has 1 heterocycles. The van der Waals surface area contributed by atoms with E-state index < -0.39 is 0 Å². The van der Waals surface area contributed by atoms with Crippen LogP contribution in [0.5, 0.6) is 0 Å². The second kappa shape index (κ2) is 5.95. The van der Waals surface area contributed by atoms with E-state index in [1.165, 1.54) is 31.6 Å². The van der Waals surface area contributed by atoms with E-state index in [1.54, 1.807) is 0 Å². The highest BCUT2D eigenvalue weighted by Crippen LogP contribution is 2.23. The monoisotopic (exact) mass is 282 g/mol. The molecule has 3 rings (SSSR count). The van der Waals surface area contributed by atoms with Gasteiger partial charge in [0.15, 0.2) is 0 Å². The van der Waals surface area contributed by atoms with Gasteiger partial charge < -0.3 is 21.7 Å². The molecule has 1 aliphatic rings. The number of nitrogens with zero attached hydrogens (tertiary/aromatic N) is 1. The molecule has 0 saturated carbocycles. The third kappa shape index (κ3) is 3.21. The summed E-state index contributed by atoms with van der Waals surface area (Å²) in [5.74, 6) is 0. The Morgan fingerprint density at radius 2 is 1.67 bits per heavy atom. The third-order valence-corrected chi connectivity index (χ3v) is 3.99. The van der Waals surface area contributed by atoms with E-state index in [9.17, 15) is 0 Å². The van der Waals surface area contributed by atoms with Gasteiger partial charge in [0.1, 0.15) is 0 Å². The van der Waals surface area contributed by atoms with Gasteiger partial charge in [-0.2, -0.15) is 0 Å². The first-order chi connectivity index (χ1) is 10.2. The van der Waals surface area contributed by atoms with Crippen LogP contribution in [0.25, 0.3) is 0 Å². The molecule has 110 valence electrons. The number of nitrogens with two attached hydrogens (primary N) is 2. The van der Waals surface area contributed by atoms with E-state index in [-0.39, 0.29) is 0 Å². The predicted octanol–water partition coefficient (Wildman–Crippen LogP) is 3.06. The third-order valence-electron chi connectivity index (χ3n) is 3.99. The highest BCUT2D eigenvalue weighted by atomic mass is 15.1. The number of rotatable bonds is 4. The first kappa shape index (κ1) is 13.6. The minimum Gasteiger partial charge on any atom is -0.399 e. The predicted molar refractivity (Wildman–Crippen MR) is 90.5 cm³/mol. The summed E-state index contributed by atoms with van der Waals surface area (Å²) >= 11 is 0. The Morgan fingerprint density at radius 1 is 0.952 bits per heavy atom. The molecule has 2 aromatic rings. The summed E-state index contributed by atoms with van der Waals surface area (Å²) in [5.41, 5.74) is 16.7. The van der Waals surface area contributed by atoms with Crippen LogP contribution >= 0.6 is 0 Å². The van der Waals surface area contributed by atoms with Crippen LogP contribution in [-0.2, 0) is 6.54 Å². The molecule has 0 radical (unpaired) electrons. The maximum atomic E-state index is 5.96. The zero-order valence-corrected chi connectivity index (χ0v) is 12.2. The molecule has 0 unspecified atom stereocenters. The van der Waals surface area contributed by atoms with Gasteiger partial charge in [0.05, 0.1) is 0 Å². The molecule has 1 fully saturated rings. The summed E-state index contributed by atoms with van der Waals surface area (Å²) in [4.78, 5) is 2.43. The summed E-state index contributed by atoms with van der Waals surface area (Å²) in [6, 6.07) is 14.2. The van der Waals surface area contributed by atoms with Crippen molar-refractivity contribution in [3.05, 3.63) is 48.0 Å². The molecule has 2 aromatic carbocycles. The van der Waals surface area contributed by atoms with E-state index in [1.807, 2.05) is 18.2 Å². The Morgan fingerprint density at radius 3 is 2.38 bits per heavy atom. The minimum absolute atomic E-state index is 0.680. The van der Waals surface area contributed by atoms with E-state index >= 15 is 0 Å². The lowest BCUT2D eigenvalue weighted by molar-refractivity contribution is 0.949. The highest BCUT2D eigenvalue weighted by molar-refractivity contribution is 5.58. The summed E-state index contributed by atoms with van der Waals surface area (Å²) in [6.45, 7) is 3.03. The zero-order chi connectivity index (χ0) is 14.7. The fraction of sp³-hybridized carbons (Fsp3) is 0.294. The summed E-state index contributed by atoms with van der Waals surface area (Å²) in [7, 11) is 0. The van der Waals surface area contributed by atoms with Crippen molar-refractivity contribution in [2.24, 2.45) is 0 Å². The summed E-state index contributed by atoms with van der Waals surface area (Å²) in [6.07, 6.45) is 2.60. The van der Waals surface area contributed by atoms with Gasteiger partial charge in [-0.25, -0.2) is 0 Å². The number of anilines is 4. The lowest BCUT2D eigenvalue weighted by Crippen LogP contribution is -2.17. The molecule has 0 amide bonds. The Labute approximate surface area is 125 Å². The first-order valence-electron chi connectivity index (χ1n) is 7.45. The Hall–Kier alpha value is -2.36. The van der Waals surface area contributed by atoms with Gasteiger partial charge in [0, 0.05) is 42.4 Å². The molecule has 1 aliphatic heterocycles. The standard InChI is InChI=1S/C17H22N4/c18-14-3-8-17(19)13(11-14)12-20-15-4-6-16(7-5-15)21-9-1-2-10-21/h3-8,11,20H,1-2,9-10,12,18-19H2. The van der Waals surface area contributed by atoms with Crippen molar-refractivity contribution < 1.29 is 0 Å². The number of hydrogen-bond donors (Lipinski definition) is 3. The summed E-state index contributed by atoms with van der Waals surface area (Å²) in [5, 5.41) is 3.39. The van der Waals surface area contributed by atoms with E-state index in [2.05, 4.69) is 34.5 Å². The quantitative estimate of drug-likeness (QED) is 0.754. The van der Waals surface area contributed by atoms with Crippen LogP contribution in [0.15, 0.2) is 42.5 Å². The number of hydrogen-bond acceptors (Lipinski definition) is 4. The van der Waals surface area contributed by atoms with Crippen LogP contribution in [0.2, 0.25) is 0 Å². The largest absolute Gasteiger partial charge is 0.399 e. The van der Waals surface area contributed by atoms with Gasteiger partial charge in [-0.05, 0) is 60.9 Å². The first-order valence-corrected chi connectivity index (χ1v) is 7.45. The van der Waals surface area contributed by atoms with Gasteiger partial charge in [-0.1, -0.05) is 0 Å². The average molecular weight is 282 g/mol. The second-order valence-corrected chi connectivity index (χ2v) is 5.55. The molecular weight excluding hydrogens is 260 g/mol. The number of nitrogens with one attached hydrogen (secondary N) is 1. The Balaban J connectivity index is 1.64.